The molecule has 3 aromatic rings. The molecular weight excluding hydrogens is 450 g/mol. The lowest BCUT2D eigenvalue weighted by Gasteiger charge is -2.13. The maximum Gasteiger partial charge on any atom is 0.325 e. The second-order valence-electron chi connectivity index (χ2n) is 8.14. The predicted molar refractivity (Wildman–Crippen MR) is 126 cm³/mol. The summed E-state index contributed by atoms with van der Waals surface area (Å²) in [7, 11) is 0. The molecule has 0 aromatic heterocycles. The Hall–Kier alpha value is -4.53. The minimum Gasteiger partial charge on any atom is -0.457 e. The zero-order chi connectivity index (χ0) is 24.2. The number of imide groups is 1. The molecule has 35 heavy (non-hydrogen) atoms. The van der Waals surface area contributed by atoms with E-state index in [1.54, 1.807) is 42.5 Å². The van der Waals surface area contributed by atoms with Crippen LogP contribution in [0.4, 0.5) is 10.5 Å². The Bertz CT molecular complexity index is 1250. The lowest BCUT2D eigenvalue weighted by atomic mass is 10.1. The van der Waals surface area contributed by atoms with Crippen molar-refractivity contribution in [1.29, 1.82) is 0 Å². The van der Waals surface area contributed by atoms with Crippen LogP contribution in [0, 0.1) is 0 Å². The van der Waals surface area contributed by atoms with E-state index >= 15 is 0 Å². The number of anilines is 1. The molecule has 2 heterocycles. The average molecular weight is 473 g/mol. The lowest BCUT2D eigenvalue weighted by molar-refractivity contribution is -0.128. The molecule has 0 saturated carbocycles. The van der Waals surface area contributed by atoms with Crippen molar-refractivity contribution in [2.24, 2.45) is 0 Å². The SMILES string of the molecule is O=C(CCC1NC(=O)N(Cc2ccc3c(c2)OCO3)C1=O)Nc1ccc(Oc2ccccc2)cc1. The fraction of sp³-hybridized carbons (Fsp3) is 0.192. The normalized spacial score (nSPS) is 16.2. The van der Waals surface area contributed by atoms with E-state index in [1.807, 2.05) is 30.3 Å². The van der Waals surface area contributed by atoms with Crippen molar-refractivity contribution in [1.82, 2.24) is 10.2 Å². The van der Waals surface area contributed by atoms with Crippen LogP contribution in [0.25, 0.3) is 0 Å². The highest BCUT2D eigenvalue weighted by Crippen LogP contribution is 2.33. The molecule has 178 valence electrons. The van der Waals surface area contributed by atoms with Gasteiger partial charge in [0, 0.05) is 12.1 Å². The second kappa shape index (κ2) is 9.76. The number of rotatable bonds is 8. The van der Waals surface area contributed by atoms with Crippen LogP contribution in [-0.2, 0) is 16.1 Å². The second-order valence-corrected chi connectivity index (χ2v) is 8.14. The van der Waals surface area contributed by atoms with E-state index < -0.39 is 12.1 Å². The van der Waals surface area contributed by atoms with Crippen molar-refractivity contribution in [3.63, 3.8) is 0 Å². The highest BCUT2D eigenvalue weighted by atomic mass is 16.7. The number of para-hydroxylation sites is 1. The van der Waals surface area contributed by atoms with Gasteiger partial charge in [-0.05, 0) is 60.5 Å². The minimum atomic E-state index is -0.746. The third kappa shape index (κ3) is 5.19. The van der Waals surface area contributed by atoms with Gasteiger partial charge in [-0.25, -0.2) is 4.79 Å². The molecule has 2 aliphatic heterocycles. The zero-order valence-electron chi connectivity index (χ0n) is 18.7. The summed E-state index contributed by atoms with van der Waals surface area (Å²) >= 11 is 0. The Morgan fingerprint density at radius 2 is 1.71 bits per heavy atom. The van der Waals surface area contributed by atoms with Crippen LogP contribution in [-0.4, -0.2) is 35.6 Å². The number of nitrogens with one attached hydrogen (secondary N) is 2. The summed E-state index contributed by atoms with van der Waals surface area (Å²) in [5.41, 5.74) is 1.36. The van der Waals surface area contributed by atoms with Gasteiger partial charge in [-0.1, -0.05) is 24.3 Å². The summed E-state index contributed by atoms with van der Waals surface area (Å²) < 4.78 is 16.4. The molecule has 4 amide bonds. The zero-order valence-corrected chi connectivity index (χ0v) is 18.7. The summed E-state index contributed by atoms with van der Waals surface area (Å²) in [6.45, 7) is 0.263. The number of nitrogens with zero attached hydrogens (tertiary/aromatic N) is 1. The van der Waals surface area contributed by atoms with Crippen LogP contribution in [0.2, 0.25) is 0 Å². The number of carbonyl (C=O) groups excluding carboxylic acids is 3. The number of ether oxygens (including phenoxy) is 3. The van der Waals surface area contributed by atoms with Gasteiger partial charge >= 0.3 is 6.03 Å². The van der Waals surface area contributed by atoms with Gasteiger partial charge in [0.2, 0.25) is 12.7 Å². The van der Waals surface area contributed by atoms with Crippen molar-refractivity contribution in [2.75, 3.05) is 12.1 Å². The molecule has 2 aliphatic rings. The quantitative estimate of drug-likeness (QED) is 0.478. The number of carbonyl (C=O) groups is 3. The van der Waals surface area contributed by atoms with E-state index in [0.29, 0.717) is 22.9 Å². The van der Waals surface area contributed by atoms with Gasteiger partial charge in [-0.2, -0.15) is 0 Å². The predicted octanol–water partition coefficient (Wildman–Crippen LogP) is 4.05. The molecule has 0 radical (unpaired) electrons. The lowest BCUT2D eigenvalue weighted by Crippen LogP contribution is -2.31. The first-order valence-corrected chi connectivity index (χ1v) is 11.2. The largest absolute Gasteiger partial charge is 0.457 e. The standard InChI is InChI=1S/C26H23N3O6/c30-24(27-18-7-9-20(10-8-18)35-19-4-2-1-3-5-19)13-11-21-25(31)29(26(32)28-21)15-17-6-12-22-23(14-17)34-16-33-22/h1-10,12,14,21H,11,13,15-16H2,(H,27,30)(H,28,32). The van der Waals surface area contributed by atoms with E-state index in [2.05, 4.69) is 10.6 Å². The van der Waals surface area contributed by atoms with Crippen LogP contribution >= 0.6 is 0 Å². The molecule has 0 spiro atoms. The first-order chi connectivity index (χ1) is 17.0. The average Bonchev–Trinajstić information content (AvgIpc) is 3.44. The third-order valence-corrected chi connectivity index (χ3v) is 5.66. The molecule has 9 nitrogen and oxygen atoms in total. The summed E-state index contributed by atoms with van der Waals surface area (Å²) in [5, 5.41) is 5.46. The van der Waals surface area contributed by atoms with Crippen LogP contribution in [0.3, 0.4) is 0 Å². The number of benzene rings is 3. The number of hydrogen-bond donors (Lipinski definition) is 2. The van der Waals surface area contributed by atoms with Crippen LogP contribution in [0.5, 0.6) is 23.0 Å². The maximum absolute atomic E-state index is 12.8. The van der Waals surface area contributed by atoms with Crippen molar-refractivity contribution < 1.29 is 28.6 Å². The molecule has 1 fully saturated rings. The van der Waals surface area contributed by atoms with E-state index in [4.69, 9.17) is 14.2 Å². The fourth-order valence-electron chi connectivity index (χ4n) is 3.87. The smallest absolute Gasteiger partial charge is 0.325 e. The molecule has 0 aliphatic carbocycles. The number of urea groups is 1. The van der Waals surface area contributed by atoms with E-state index in [1.165, 1.54) is 0 Å². The van der Waals surface area contributed by atoms with Gasteiger partial charge in [0.15, 0.2) is 11.5 Å². The summed E-state index contributed by atoms with van der Waals surface area (Å²) in [5.74, 6) is 1.98. The Balaban J connectivity index is 1.11. The molecule has 1 saturated heterocycles. The third-order valence-electron chi connectivity index (χ3n) is 5.66. The molecule has 2 N–H and O–H groups in total. The Labute approximate surface area is 201 Å². The van der Waals surface area contributed by atoms with Crippen LogP contribution in [0.15, 0.2) is 72.8 Å². The first-order valence-electron chi connectivity index (χ1n) is 11.2. The Morgan fingerprint density at radius 1 is 0.971 bits per heavy atom. The minimum absolute atomic E-state index is 0.0802. The topological polar surface area (TPSA) is 106 Å². The molecule has 1 unspecified atom stereocenters. The Morgan fingerprint density at radius 3 is 2.51 bits per heavy atom. The monoisotopic (exact) mass is 473 g/mol. The summed E-state index contributed by atoms with van der Waals surface area (Å²) in [6.07, 6.45) is 0.278. The molecule has 5 rings (SSSR count). The van der Waals surface area contributed by atoms with Crippen molar-refractivity contribution >= 4 is 23.5 Å². The fourth-order valence-corrected chi connectivity index (χ4v) is 3.87. The van der Waals surface area contributed by atoms with Gasteiger partial charge in [-0.15, -0.1) is 0 Å². The highest BCUT2D eigenvalue weighted by molar-refractivity contribution is 6.04. The summed E-state index contributed by atoms with van der Waals surface area (Å²) in [6, 6.07) is 20.5. The molecule has 0 bridgehead atoms. The first kappa shape index (κ1) is 22.3. The highest BCUT2D eigenvalue weighted by Gasteiger charge is 2.38. The van der Waals surface area contributed by atoms with E-state index in [0.717, 1.165) is 16.2 Å². The van der Waals surface area contributed by atoms with E-state index in [-0.39, 0.29) is 38.0 Å². The number of amides is 4. The van der Waals surface area contributed by atoms with Crippen molar-refractivity contribution in [3.8, 4) is 23.0 Å². The van der Waals surface area contributed by atoms with Crippen LogP contribution in [0.1, 0.15) is 18.4 Å². The number of fused-ring (bicyclic) bond motifs is 1. The summed E-state index contributed by atoms with van der Waals surface area (Å²) in [4.78, 5) is 38.7. The van der Waals surface area contributed by atoms with E-state index in [9.17, 15) is 14.4 Å². The van der Waals surface area contributed by atoms with Crippen LogP contribution < -0.4 is 24.8 Å². The maximum atomic E-state index is 12.8. The molecule has 9 heteroatoms. The number of hydrogen-bond acceptors (Lipinski definition) is 6. The van der Waals surface area contributed by atoms with Gasteiger partial charge in [-0.3, -0.25) is 14.5 Å². The van der Waals surface area contributed by atoms with Crippen molar-refractivity contribution in [2.45, 2.75) is 25.4 Å². The Kier molecular flexibility index (Phi) is 6.21. The van der Waals surface area contributed by atoms with Gasteiger partial charge in [0.1, 0.15) is 17.5 Å². The van der Waals surface area contributed by atoms with Gasteiger partial charge in [0.25, 0.3) is 5.91 Å². The van der Waals surface area contributed by atoms with Gasteiger partial charge < -0.3 is 24.8 Å². The van der Waals surface area contributed by atoms with Gasteiger partial charge in [0.05, 0.1) is 6.54 Å². The molecule has 3 aromatic carbocycles. The molecular formula is C26H23N3O6. The van der Waals surface area contributed by atoms with Crippen molar-refractivity contribution in [3.05, 3.63) is 78.4 Å². The molecule has 1 atom stereocenters.